The van der Waals surface area contributed by atoms with Crippen molar-refractivity contribution in [1.82, 2.24) is 30.9 Å². The molecule has 10 nitrogen and oxygen atoms in total. The number of hydrogen-bond donors (Lipinski definition) is 3. The van der Waals surface area contributed by atoms with Gasteiger partial charge in [-0.05, 0) is 57.1 Å². The summed E-state index contributed by atoms with van der Waals surface area (Å²) in [6.45, 7) is 2.64. The lowest BCUT2D eigenvalue weighted by atomic mass is 10.0. The van der Waals surface area contributed by atoms with E-state index in [4.69, 9.17) is 9.05 Å². The van der Waals surface area contributed by atoms with Crippen molar-refractivity contribution in [1.29, 1.82) is 0 Å². The molecule has 1 atom stereocenters. The lowest BCUT2D eigenvalue weighted by Gasteiger charge is -2.16. The Morgan fingerprint density at radius 3 is 2.60 bits per heavy atom. The van der Waals surface area contributed by atoms with Gasteiger partial charge in [-0.15, -0.1) is 0 Å². The average Bonchev–Trinajstić information content (AvgIpc) is 3.51. The van der Waals surface area contributed by atoms with E-state index in [1.54, 1.807) is 13.0 Å². The van der Waals surface area contributed by atoms with E-state index in [1.807, 2.05) is 37.4 Å². The second kappa shape index (κ2) is 11.4. The molecule has 0 radical (unpaired) electrons. The number of carbonyl (C=O) groups is 1. The summed E-state index contributed by atoms with van der Waals surface area (Å²) in [4.78, 5) is 21.7. The third kappa shape index (κ3) is 6.30. The van der Waals surface area contributed by atoms with Gasteiger partial charge in [0.05, 0.1) is 5.56 Å². The van der Waals surface area contributed by atoms with Gasteiger partial charge in [-0.2, -0.15) is 9.97 Å². The molecular formula is C25H28N6O4. The normalized spacial score (nSPS) is 11.9. The highest BCUT2D eigenvalue weighted by molar-refractivity contribution is 5.97. The molecule has 0 spiro atoms. The lowest BCUT2D eigenvalue weighted by Crippen LogP contribution is -2.30. The van der Waals surface area contributed by atoms with Gasteiger partial charge in [0, 0.05) is 18.4 Å². The zero-order valence-electron chi connectivity index (χ0n) is 19.7. The van der Waals surface area contributed by atoms with Crippen molar-refractivity contribution in [3.63, 3.8) is 0 Å². The molecule has 35 heavy (non-hydrogen) atoms. The van der Waals surface area contributed by atoms with Crippen molar-refractivity contribution in [3.05, 3.63) is 77.3 Å². The predicted octanol–water partition coefficient (Wildman–Crippen LogP) is 3.39. The van der Waals surface area contributed by atoms with Gasteiger partial charge in [-0.25, -0.2) is 0 Å². The number of phenols is 1. The number of aromatic hydroxyl groups is 1. The second-order valence-corrected chi connectivity index (χ2v) is 8.20. The third-order valence-electron chi connectivity index (χ3n) is 5.47. The number of carbonyl (C=O) groups excluding carboxylic acids is 1. The van der Waals surface area contributed by atoms with Crippen molar-refractivity contribution in [2.24, 2.45) is 0 Å². The first-order chi connectivity index (χ1) is 17.0. The molecule has 0 bridgehead atoms. The van der Waals surface area contributed by atoms with Crippen LogP contribution in [0, 0.1) is 6.92 Å². The largest absolute Gasteiger partial charge is 0.507 e. The molecule has 182 valence electrons. The molecule has 3 N–H and O–H groups in total. The monoisotopic (exact) mass is 476 g/mol. The Labute approximate surface area is 202 Å². The van der Waals surface area contributed by atoms with Crippen LogP contribution in [-0.4, -0.2) is 44.9 Å². The lowest BCUT2D eigenvalue weighted by molar-refractivity contribution is 0.0925. The zero-order chi connectivity index (χ0) is 24.6. The van der Waals surface area contributed by atoms with Crippen molar-refractivity contribution >= 4 is 5.91 Å². The Morgan fingerprint density at radius 2 is 1.89 bits per heavy atom. The molecule has 2 aromatic carbocycles. The summed E-state index contributed by atoms with van der Waals surface area (Å²) in [7, 11) is 1.91. The topological polar surface area (TPSA) is 139 Å². The molecule has 2 aromatic heterocycles. The Morgan fingerprint density at radius 1 is 1.06 bits per heavy atom. The van der Waals surface area contributed by atoms with E-state index in [2.05, 4.69) is 30.9 Å². The highest BCUT2D eigenvalue weighted by Crippen LogP contribution is 2.26. The molecule has 0 saturated heterocycles. The summed E-state index contributed by atoms with van der Waals surface area (Å²) < 4.78 is 10.6. The molecule has 4 rings (SSSR count). The summed E-state index contributed by atoms with van der Waals surface area (Å²) in [6.07, 6.45) is 3.07. The maximum atomic E-state index is 13.1. The SMILES string of the molecule is CNCCCCc1nc(-c2ccc(C(=O)N[C@@H](Cc3ccccc3)c3nc(C)no3)c(O)c2)no1. The van der Waals surface area contributed by atoms with Gasteiger partial charge in [0.15, 0.2) is 5.82 Å². The summed E-state index contributed by atoms with van der Waals surface area (Å²) >= 11 is 0. The number of rotatable bonds is 11. The van der Waals surface area contributed by atoms with Gasteiger partial charge in [0.1, 0.15) is 11.8 Å². The summed E-state index contributed by atoms with van der Waals surface area (Å²) in [5, 5.41) is 24.4. The number of phenolic OH excluding ortho intramolecular Hbond substituents is 1. The van der Waals surface area contributed by atoms with Crippen LogP contribution in [0.2, 0.25) is 0 Å². The zero-order valence-corrected chi connectivity index (χ0v) is 19.7. The first-order valence-corrected chi connectivity index (χ1v) is 11.5. The van der Waals surface area contributed by atoms with E-state index in [1.165, 1.54) is 12.1 Å². The van der Waals surface area contributed by atoms with Crippen molar-refractivity contribution in [3.8, 4) is 17.1 Å². The number of nitrogens with zero attached hydrogens (tertiary/aromatic N) is 4. The van der Waals surface area contributed by atoms with Crippen LogP contribution in [0.4, 0.5) is 0 Å². The molecule has 1 amide bonds. The van der Waals surface area contributed by atoms with Crippen LogP contribution in [0.1, 0.15) is 52.4 Å². The highest BCUT2D eigenvalue weighted by atomic mass is 16.5. The van der Waals surface area contributed by atoms with Crippen LogP contribution >= 0.6 is 0 Å². The van der Waals surface area contributed by atoms with E-state index in [0.29, 0.717) is 41.8 Å². The Bertz CT molecular complexity index is 1250. The number of aryl methyl sites for hydroxylation is 2. The molecule has 0 fully saturated rings. The number of nitrogens with one attached hydrogen (secondary N) is 2. The first-order valence-electron chi connectivity index (χ1n) is 11.5. The summed E-state index contributed by atoms with van der Waals surface area (Å²) in [5.41, 5.74) is 1.66. The van der Waals surface area contributed by atoms with E-state index >= 15 is 0 Å². The van der Waals surface area contributed by atoms with Crippen molar-refractivity contribution in [2.45, 2.75) is 38.6 Å². The minimum atomic E-state index is -0.562. The van der Waals surface area contributed by atoms with Crippen LogP contribution in [-0.2, 0) is 12.8 Å². The van der Waals surface area contributed by atoms with Gasteiger partial charge in [-0.1, -0.05) is 40.6 Å². The van der Waals surface area contributed by atoms with Crippen molar-refractivity contribution in [2.75, 3.05) is 13.6 Å². The molecule has 10 heteroatoms. The van der Waals surface area contributed by atoms with Gasteiger partial charge in [0.25, 0.3) is 5.91 Å². The molecule has 0 unspecified atom stereocenters. The Hall–Kier alpha value is -4.05. The van der Waals surface area contributed by atoms with Gasteiger partial charge in [-0.3, -0.25) is 4.79 Å². The fourth-order valence-corrected chi connectivity index (χ4v) is 3.65. The smallest absolute Gasteiger partial charge is 0.255 e. The Kier molecular flexibility index (Phi) is 7.84. The van der Waals surface area contributed by atoms with Crippen LogP contribution in [0.15, 0.2) is 57.6 Å². The van der Waals surface area contributed by atoms with E-state index in [9.17, 15) is 9.90 Å². The van der Waals surface area contributed by atoms with Crippen LogP contribution < -0.4 is 10.6 Å². The number of aromatic nitrogens is 4. The van der Waals surface area contributed by atoms with E-state index in [0.717, 1.165) is 24.9 Å². The maximum absolute atomic E-state index is 13.1. The van der Waals surface area contributed by atoms with Crippen LogP contribution in [0.5, 0.6) is 5.75 Å². The minimum Gasteiger partial charge on any atom is -0.507 e. The molecule has 0 aliphatic rings. The standard InChI is InChI=1S/C25H28N6O4/c1-16-27-25(35-30-16)20(14-17-8-4-3-5-9-17)28-24(33)19-12-11-18(15-21(19)32)23-29-22(34-31-23)10-6-7-13-26-2/h3-5,8-9,11-12,15,20,26,32H,6-7,10,13-14H2,1-2H3,(H,28,33)/t20-/m0/s1. The van der Waals surface area contributed by atoms with Gasteiger partial charge >= 0.3 is 0 Å². The predicted molar refractivity (Wildman–Crippen MR) is 128 cm³/mol. The average molecular weight is 477 g/mol. The fourth-order valence-electron chi connectivity index (χ4n) is 3.65. The fraction of sp³-hybridized carbons (Fsp3) is 0.320. The molecule has 0 aliphatic carbocycles. The van der Waals surface area contributed by atoms with E-state index < -0.39 is 11.9 Å². The molecule has 4 aromatic rings. The molecule has 0 aliphatic heterocycles. The van der Waals surface area contributed by atoms with Crippen LogP contribution in [0.25, 0.3) is 11.4 Å². The quantitative estimate of drug-likeness (QED) is 0.278. The maximum Gasteiger partial charge on any atom is 0.255 e. The number of amides is 1. The van der Waals surface area contributed by atoms with Crippen LogP contribution in [0.3, 0.4) is 0 Å². The number of benzene rings is 2. The molecule has 2 heterocycles. The van der Waals surface area contributed by atoms with Crippen molar-refractivity contribution < 1.29 is 18.9 Å². The number of hydrogen-bond acceptors (Lipinski definition) is 9. The molecular weight excluding hydrogens is 448 g/mol. The Balaban J connectivity index is 1.47. The molecule has 0 saturated carbocycles. The van der Waals surface area contributed by atoms with E-state index in [-0.39, 0.29) is 11.3 Å². The third-order valence-corrected chi connectivity index (χ3v) is 5.47. The summed E-state index contributed by atoms with van der Waals surface area (Å²) in [6, 6.07) is 13.8. The minimum absolute atomic E-state index is 0.110. The highest BCUT2D eigenvalue weighted by Gasteiger charge is 2.24. The number of unbranched alkanes of at least 4 members (excludes halogenated alkanes) is 1. The van der Waals surface area contributed by atoms with Gasteiger partial charge < -0.3 is 24.8 Å². The second-order valence-electron chi connectivity index (χ2n) is 8.20. The summed E-state index contributed by atoms with van der Waals surface area (Å²) in [5.74, 6) is 1.01. The van der Waals surface area contributed by atoms with Gasteiger partial charge in [0.2, 0.25) is 17.6 Å². The first kappa shape index (κ1) is 24.1.